The van der Waals surface area contributed by atoms with Gasteiger partial charge in [0.15, 0.2) is 0 Å². The maximum absolute atomic E-state index is 5.85. The molecule has 1 atom stereocenters. The van der Waals surface area contributed by atoms with Gasteiger partial charge in [0.2, 0.25) is 0 Å². The molecule has 0 aromatic heterocycles. The van der Waals surface area contributed by atoms with E-state index in [-0.39, 0.29) is 0 Å². The van der Waals surface area contributed by atoms with E-state index in [4.69, 9.17) is 5.73 Å². The third kappa shape index (κ3) is 5.09. The maximum Gasteiger partial charge on any atom is 0.0366 e. The molecule has 0 bridgehead atoms. The molecule has 2 N–H and O–H groups in total. The van der Waals surface area contributed by atoms with Crippen molar-refractivity contribution in [1.82, 2.24) is 0 Å². The molecular weight excluding hydrogens is 220 g/mol. The van der Waals surface area contributed by atoms with E-state index < -0.39 is 0 Å². The molecule has 0 aliphatic heterocycles. The van der Waals surface area contributed by atoms with E-state index in [2.05, 4.69) is 57.0 Å². The summed E-state index contributed by atoms with van der Waals surface area (Å²) in [5.41, 5.74) is 8.47. The molecule has 1 rings (SSSR count). The summed E-state index contributed by atoms with van der Waals surface area (Å²) in [5, 5.41) is 0. The van der Waals surface area contributed by atoms with Gasteiger partial charge in [0.25, 0.3) is 0 Å². The van der Waals surface area contributed by atoms with Crippen molar-refractivity contribution in [3.8, 4) is 0 Å². The summed E-state index contributed by atoms with van der Waals surface area (Å²) in [6.07, 6.45) is 2.41. The fourth-order valence-electron chi connectivity index (χ4n) is 2.37. The highest BCUT2D eigenvalue weighted by Crippen LogP contribution is 2.18. The largest absolute Gasteiger partial charge is 0.375 e. The minimum Gasteiger partial charge on any atom is -0.375 e. The minimum atomic E-state index is 0.650. The fourth-order valence-corrected chi connectivity index (χ4v) is 2.37. The van der Waals surface area contributed by atoms with Crippen molar-refractivity contribution in [1.29, 1.82) is 0 Å². The molecule has 0 fully saturated rings. The second-order valence-corrected chi connectivity index (χ2v) is 5.78. The molecule has 0 spiro atoms. The SMILES string of the molecule is Cc1cccc(N(C)CCC(CN)CC(C)C)c1. The predicted molar refractivity (Wildman–Crippen MR) is 81.1 cm³/mol. The molecule has 2 nitrogen and oxygen atoms in total. The van der Waals surface area contributed by atoms with E-state index in [0.717, 1.165) is 19.0 Å². The van der Waals surface area contributed by atoms with Crippen LogP contribution in [-0.4, -0.2) is 20.1 Å². The van der Waals surface area contributed by atoms with E-state index in [9.17, 15) is 0 Å². The van der Waals surface area contributed by atoms with Crippen molar-refractivity contribution in [2.24, 2.45) is 17.6 Å². The third-order valence-corrected chi connectivity index (χ3v) is 3.45. The van der Waals surface area contributed by atoms with Crippen LogP contribution in [0.1, 0.15) is 32.3 Å². The van der Waals surface area contributed by atoms with Crippen LogP contribution >= 0.6 is 0 Å². The summed E-state index contributed by atoms with van der Waals surface area (Å²) in [6.45, 7) is 8.57. The lowest BCUT2D eigenvalue weighted by Crippen LogP contribution is -2.25. The van der Waals surface area contributed by atoms with Crippen LogP contribution in [0.25, 0.3) is 0 Å². The normalized spacial score (nSPS) is 12.8. The molecule has 0 saturated heterocycles. The number of hydrogen-bond donors (Lipinski definition) is 1. The first-order valence-electron chi connectivity index (χ1n) is 7.00. The maximum atomic E-state index is 5.85. The Bertz CT molecular complexity index is 347. The lowest BCUT2D eigenvalue weighted by Gasteiger charge is -2.23. The molecule has 0 aliphatic carbocycles. The van der Waals surface area contributed by atoms with Gasteiger partial charge in [0.05, 0.1) is 0 Å². The quantitative estimate of drug-likeness (QED) is 0.801. The Balaban J connectivity index is 2.47. The summed E-state index contributed by atoms with van der Waals surface area (Å²) in [6, 6.07) is 8.67. The number of nitrogens with zero attached hydrogens (tertiary/aromatic N) is 1. The molecule has 102 valence electrons. The van der Waals surface area contributed by atoms with Crippen LogP contribution in [0.4, 0.5) is 5.69 Å². The highest BCUT2D eigenvalue weighted by Gasteiger charge is 2.10. The van der Waals surface area contributed by atoms with Crippen molar-refractivity contribution in [3.05, 3.63) is 29.8 Å². The average Bonchev–Trinajstić information content (AvgIpc) is 2.33. The van der Waals surface area contributed by atoms with Crippen LogP contribution in [0, 0.1) is 18.8 Å². The number of benzene rings is 1. The van der Waals surface area contributed by atoms with Gasteiger partial charge in [-0.2, -0.15) is 0 Å². The van der Waals surface area contributed by atoms with E-state index >= 15 is 0 Å². The zero-order chi connectivity index (χ0) is 13.5. The van der Waals surface area contributed by atoms with Crippen LogP contribution in [0.3, 0.4) is 0 Å². The minimum absolute atomic E-state index is 0.650. The van der Waals surface area contributed by atoms with Crippen LogP contribution in [0.5, 0.6) is 0 Å². The molecule has 18 heavy (non-hydrogen) atoms. The van der Waals surface area contributed by atoms with Crippen LogP contribution in [0.2, 0.25) is 0 Å². The lowest BCUT2D eigenvalue weighted by molar-refractivity contribution is 0.396. The van der Waals surface area contributed by atoms with Gasteiger partial charge in [0, 0.05) is 19.3 Å². The van der Waals surface area contributed by atoms with Gasteiger partial charge in [-0.05, 0) is 55.8 Å². The Hall–Kier alpha value is -1.02. The topological polar surface area (TPSA) is 29.3 Å². The van der Waals surface area contributed by atoms with Gasteiger partial charge in [-0.3, -0.25) is 0 Å². The van der Waals surface area contributed by atoms with E-state index in [0.29, 0.717) is 5.92 Å². The van der Waals surface area contributed by atoms with E-state index in [1.54, 1.807) is 0 Å². The lowest BCUT2D eigenvalue weighted by atomic mass is 9.94. The second kappa shape index (κ2) is 7.42. The zero-order valence-electron chi connectivity index (χ0n) is 12.3. The summed E-state index contributed by atoms with van der Waals surface area (Å²) >= 11 is 0. The van der Waals surface area contributed by atoms with Crippen LogP contribution in [-0.2, 0) is 0 Å². The standard InChI is InChI=1S/C16H28N2/c1-13(2)10-15(12-17)8-9-18(4)16-7-5-6-14(3)11-16/h5-7,11,13,15H,8-10,12,17H2,1-4H3. The molecule has 0 saturated carbocycles. The molecule has 2 heteroatoms. The Kier molecular flexibility index (Phi) is 6.20. The second-order valence-electron chi connectivity index (χ2n) is 5.78. The van der Waals surface area contributed by atoms with Crippen LogP contribution < -0.4 is 10.6 Å². The highest BCUT2D eigenvalue weighted by molar-refractivity contribution is 5.47. The summed E-state index contributed by atoms with van der Waals surface area (Å²) in [5.74, 6) is 1.39. The number of nitrogens with two attached hydrogens (primary N) is 1. The predicted octanol–water partition coefficient (Wildman–Crippen LogP) is 3.44. The monoisotopic (exact) mass is 248 g/mol. The average molecular weight is 248 g/mol. The van der Waals surface area contributed by atoms with Gasteiger partial charge in [-0.25, -0.2) is 0 Å². The Morgan fingerprint density at radius 3 is 2.56 bits per heavy atom. The number of rotatable bonds is 7. The molecule has 0 radical (unpaired) electrons. The molecule has 1 unspecified atom stereocenters. The van der Waals surface area contributed by atoms with Gasteiger partial charge >= 0.3 is 0 Å². The van der Waals surface area contributed by atoms with Crippen molar-refractivity contribution in [2.75, 3.05) is 25.0 Å². The number of hydrogen-bond acceptors (Lipinski definition) is 2. The smallest absolute Gasteiger partial charge is 0.0366 e. The zero-order valence-corrected chi connectivity index (χ0v) is 12.3. The Morgan fingerprint density at radius 2 is 2.00 bits per heavy atom. The van der Waals surface area contributed by atoms with E-state index in [1.165, 1.54) is 24.1 Å². The van der Waals surface area contributed by atoms with Crippen molar-refractivity contribution in [3.63, 3.8) is 0 Å². The fraction of sp³-hybridized carbons (Fsp3) is 0.625. The van der Waals surface area contributed by atoms with Crippen molar-refractivity contribution >= 4 is 5.69 Å². The van der Waals surface area contributed by atoms with Crippen molar-refractivity contribution in [2.45, 2.75) is 33.6 Å². The van der Waals surface area contributed by atoms with Gasteiger partial charge in [-0.15, -0.1) is 0 Å². The molecule has 0 heterocycles. The first kappa shape index (κ1) is 15.0. The molecule has 1 aromatic carbocycles. The number of aryl methyl sites for hydroxylation is 1. The molecule has 1 aromatic rings. The molecule has 0 amide bonds. The third-order valence-electron chi connectivity index (χ3n) is 3.45. The summed E-state index contributed by atoms with van der Waals surface area (Å²) < 4.78 is 0. The molecular formula is C16H28N2. The number of anilines is 1. The Morgan fingerprint density at radius 1 is 1.28 bits per heavy atom. The Labute approximate surface area is 112 Å². The van der Waals surface area contributed by atoms with Crippen molar-refractivity contribution < 1.29 is 0 Å². The first-order valence-corrected chi connectivity index (χ1v) is 7.00. The first-order chi connectivity index (χ1) is 8.52. The summed E-state index contributed by atoms with van der Waals surface area (Å²) in [4.78, 5) is 2.33. The van der Waals surface area contributed by atoms with Gasteiger partial charge < -0.3 is 10.6 Å². The highest BCUT2D eigenvalue weighted by atomic mass is 15.1. The van der Waals surface area contributed by atoms with E-state index in [1.807, 2.05) is 0 Å². The van der Waals surface area contributed by atoms with Gasteiger partial charge in [-0.1, -0.05) is 26.0 Å². The van der Waals surface area contributed by atoms with Crippen LogP contribution in [0.15, 0.2) is 24.3 Å². The van der Waals surface area contributed by atoms with Gasteiger partial charge in [0.1, 0.15) is 0 Å². The molecule has 0 aliphatic rings. The summed E-state index contributed by atoms with van der Waals surface area (Å²) in [7, 11) is 2.16.